The third kappa shape index (κ3) is 3.15. The summed E-state index contributed by atoms with van der Waals surface area (Å²) in [5.41, 5.74) is 2.16. The Morgan fingerprint density at radius 3 is 2.62 bits per heavy atom. The average molecular weight is 233 g/mol. The van der Waals surface area contributed by atoms with E-state index in [0.29, 0.717) is 12.8 Å². The van der Waals surface area contributed by atoms with Crippen molar-refractivity contribution in [1.82, 2.24) is 4.98 Å². The van der Waals surface area contributed by atoms with Crippen LogP contribution in [0.1, 0.15) is 16.3 Å². The van der Waals surface area contributed by atoms with Gasteiger partial charge < -0.3 is 5.11 Å². The Morgan fingerprint density at radius 2 is 2.00 bits per heavy atom. The second-order valence-electron chi connectivity index (χ2n) is 3.91. The van der Waals surface area contributed by atoms with Crippen LogP contribution in [0.4, 0.5) is 0 Å². The maximum atomic E-state index is 9.93. The highest BCUT2D eigenvalue weighted by atomic mass is 32.1. The maximum absolute atomic E-state index is 9.93. The quantitative estimate of drug-likeness (QED) is 0.880. The molecule has 0 spiro atoms. The Labute approximate surface area is 99.6 Å². The third-order valence-electron chi connectivity index (χ3n) is 2.43. The first-order chi connectivity index (χ1) is 7.74. The zero-order valence-corrected chi connectivity index (χ0v) is 10.1. The Hall–Kier alpha value is -1.19. The van der Waals surface area contributed by atoms with Gasteiger partial charge in [-0.25, -0.2) is 4.98 Å². The van der Waals surface area contributed by atoms with Crippen molar-refractivity contribution >= 4 is 11.3 Å². The molecule has 3 heteroatoms. The SMILES string of the molecule is Cc1nc(CC(O)Cc2ccccc2)cs1. The Morgan fingerprint density at radius 1 is 1.25 bits per heavy atom. The fourth-order valence-electron chi connectivity index (χ4n) is 1.70. The van der Waals surface area contributed by atoms with Gasteiger partial charge in [-0.3, -0.25) is 0 Å². The van der Waals surface area contributed by atoms with Crippen molar-refractivity contribution < 1.29 is 5.11 Å². The number of rotatable bonds is 4. The van der Waals surface area contributed by atoms with Crippen LogP contribution in [0.3, 0.4) is 0 Å². The molecule has 0 saturated heterocycles. The van der Waals surface area contributed by atoms with Crippen molar-refractivity contribution in [3.05, 3.63) is 52.0 Å². The maximum Gasteiger partial charge on any atom is 0.0897 e. The molecule has 0 saturated carbocycles. The number of aliphatic hydroxyl groups is 1. The van der Waals surface area contributed by atoms with Crippen LogP contribution >= 0.6 is 11.3 Å². The summed E-state index contributed by atoms with van der Waals surface area (Å²) in [6, 6.07) is 10.1. The van der Waals surface area contributed by atoms with Crippen molar-refractivity contribution in [3.8, 4) is 0 Å². The highest BCUT2D eigenvalue weighted by Gasteiger charge is 2.08. The number of aryl methyl sites for hydroxylation is 1. The van der Waals surface area contributed by atoms with Gasteiger partial charge in [0.2, 0.25) is 0 Å². The summed E-state index contributed by atoms with van der Waals surface area (Å²) in [6.45, 7) is 1.98. The minimum atomic E-state index is -0.344. The van der Waals surface area contributed by atoms with Gasteiger partial charge >= 0.3 is 0 Å². The highest BCUT2D eigenvalue weighted by Crippen LogP contribution is 2.12. The van der Waals surface area contributed by atoms with Crippen LogP contribution < -0.4 is 0 Å². The number of hydrogen-bond donors (Lipinski definition) is 1. The van der Waals surface area contributed by atoms with E-state index in [4.69, 9.17) is 0 Å². The van der Waals surface area contributed by atoms with E-state index in [1.165, 1.54) is 5.56 Å². The fraction of sp³-hybridized carbons (Fsp3) is 0.308. The molecule has 0 aliphatic heterocycles. The van der Waals surface area contributed by atoms with E-state index in [-0.39, 0.29) is 6.10 Å². The summed E-state index contributed by atoms with van der Waals surface area (Å²) in [4.78, 5) is 4.35. The molecule has 1 N–H and O–H groups in total. The molecule has 1 atom stereocenters. The second-order valence-corrected chi connectivity index (χ2v) is 4.97. The van der Waals surface area contributed by atoms with E-state index in [1.54, 1.807) is 11.3 Å². The van der Waals surface area contributed by atoms with Crippen LogP contribution in [0.5, 0.6) is 0 Å². The Balaban J connectivity index is 1.92. The van der Waals surface area contributed by atoms with Crippen LogP contribution in [0.2, 0.25) is 0 Å². The van der Waals surface area contributed by atoms with Gasteiger partial charge in [-0.2, -0.15) is 0 Å². The number of thiazole rings is 1. The predicted octanol–water partition coefficient (Wildman–Crippen LogP) is 2.60. The summed E-state index contributed by atoms with van der Waals surface area (Å²) in [6.07, 6.45) is 0.986. The van der Waals surface area contributed by atoms with Gasteiger partial charge in [-0.15, -0.1) is 11.3 Å². The normalized spacial score (nSPS) is 12.6. The zero-order chi connectivity index (χ0) is 11.4. The van der Waals surface area contributed by atoms with E-state index >= 15 is 0 Å². The monoisotopic (exact) mass is 233 g/mol. The van der Waals surface area contributed by atoms with Crippen LogP contribution in [0.15, 0.2) is 35.7 Å². The third-order valence-corrected chi connectivity index (χ3v) is 3.25. The topological polar surface area (TPSA) is 33.1 Å². The summed E-state index contributed by atoms with van der Waals surface area (Å²) >= 11 is 1.63. The molecule has 0 aliphatic rings. The van der Waals surface area contributed by atoms with Crippen molar-refractivity contribution in [2.45, 2.75) is 25.9 Å². The minimum absolute atomic E-state index is 0.344. The fourth-order valence-corrected chi connectivity index (χ4v) is 2.33. The van der Waals surface area contributed by atoms with Gasteiger partial charge in [0.25, 0.3) is 0 Å². The van der Waals surface area contributed by atoms with Crippen molar-refractivity contribution in [2.24, 2.45) is 0 Å². The molecule has 1 aromatic carbocycles. The van der Waals surface area contributed by atoms with Crippen LogP contribution in [0, 0.1) is 6.92 Å². The van der Waals surface area contributed by atoms with Crippen LogP contribution in [0.25, 0.3) is 0 Å². The second kappa shape index (κ2) is 5.23. The van der Waals surface area contributed by atoms with Crippen LogP contribution in [-0.4, -0.2) is 16.2 Å². The molecule has 0 amide bonds. The summed E-state index contributed by atoms with van der Waals surface area (Å²) in [7, 11) is 0. The Kier molecular flexibility index (Phi) is 3.70. The minimum Gasteiger partial charge on any atom is -0.392 e. The van der Waals surface area contributed by atoms with Gasteiger partial charge in [0.1, 0.15) is 0 Å². The number of benzene rings is 1. The molecule has 1 heterocycles. The molecule has 0 aliphatic carbocycles. The molecule has 0 bridgehead atoms. The molecule has 2 aromatic rings. The molecule has 16 heavy (non-hydrogen) atoms. The van der Waals surface area contributed by atoms with Gasteiger partial charge in [0, 0.05) is 11.8 Å². The van der Waals surface area contributed by atoms with E-state index < -0.39 is 0 Å². The average Bonchev–Trinajstić information content (AvgIpc) is 2.65. The van der Waals surface area contributed by atoms with Crippen molar-refractivity contribution in [1.29, 1.82) is 0 Å². The highest BCUT2D eigenvalue weighted by molar-refractivity contribution is 7.09. The lowest BCUT2D eigenvalue weighted by molar-refractivity contribution is 0.174. The van der Waals surface area contributed by atoms with E-state index in [2.05, 4.69) is 4.98 Å². The molecule has 1 unspecified atom stereocenters. The lowest BCUT2D eigenvalue weighted by Crippen LogP contribution is -2.14. The zero-order valence-electron chi connectivity index (χ0n) is 9.26. The van der Waals surface area contributed by atoms with Crippen LogP contribution in [-0.2, 0) is 12.8 Å². The first kappa shape index (κ1) is 11.3. The number of hydrogen-bond acceptors (Lipinski definition) is 3. The van der Waals surface area contributed by atoms with Gasteiger partial charge in [0.05, 0.1) is 16.8 Å². The smallest absolute Gasteiger partial charge is 0.0897 e. The summed E-state index contributed by atoms with van der Waals surface area (Å²) in [5, 5.41) is 13.0. The number of nitrogens with zero attached hydrogens (tertiary/aromatic N) is 1. The molecule has 0 fully saturated rings. The van der Waals surface area contributed by atoms with Gasteiger partial charge in [-0.05, 0) is 18.9 Å². The van der Waals surface area contributed by atoms with Gasteiger partial charge in [0.15, 0.2) is 0 Å². The molecule has 84 valence electrons. The van der Waals surface area contributed by atoms with Crippen molar-refractivity contribution in [3.63, 3.8) is 0 Å². The molecular weight excluding hydrogens is 218 g/mol. The first-order valence-corrected chi connectivity index (χ1v) is 6.25. The van der Waals surface area contributed by atoms with Crippen molar-refractivity contribution in [2.75, 3.05) is 0 Å². The van der Waals surface area contributed by atoms with Gasteiger partial charge in [-0.1, -0.05) is 30.3 Å². The number of aromatic nitrogens is 1. The standard InChI is InChI=1S/C13H15NOS/c1-10-14-12(9-16-10)8-13(15)7-11-5-3-2-4-6-11/h2-6,9,13,15H,7-8H2,1H3. The largest absolute Gasteiger partial charge is 0.392 e. The molecular formula is C13H15NOS. The number of aliphatic hydroxyl groups excluding tert-OH is 1. The summed E-state index contributed by atoms with van der Waals surface area (Å²) < 4.78 is 0. The molecule has 2 rings (SSSR count). The molecule has 0 radical (unpaired) electrons. The lowest BCUT2D eigenvalue weighted by atomic mass is 10.1. The Bertz CT molecular complexity index is 438. The summed E-state index contributed by atoms with van der Waals surface area (Å²) in [5.74, 6) is 0. The lowest BCUT2D eigenvalue weighted by Gasteiger charge is -2.08. The molecule has 1 aromatic heterocycles. The van der Waals surface area contributed by atoms with E-state index in [0.717, 1.165) is 10.7 Å². The van der Waals surface area contributed by atoms with E-state index in [1.807, 2.05) is 42.6 Å². The molecule has 2 nitrogen and oxygen atoms in total. The predicted molar refractivity (Wildman–Crippen MR) is 66.7 cm³/mol. The first-order valence-electron chi connectivity index (χ1n) is 5.37. The van der Waals surface area contributed by atoms with E-state index in [9.17, 15) is 5.11 Å².